The lowest BCUT2D eigenvalue weighted by Crippen LogP contribution is -2.35. The third-order valence-corrected chi connectivity index (χ3v) is 8.63. The van der Waals surface area contributed by atoms with Gasteiger partial charge in [0.05, 0.1) is 6.54 Å². The van der Waals surface area contributed by atoms with Crippen LogP contribution in [-0.4, -0.2) is 41.8 Å². The Morgan fingerprint density at radius 2 is 1.51 bits per heavy atom. The van der Waals surface area contributed by atoms with Crippen LogP contribution in [0.2, 0.25) is 0 Å². The van der Waals surface area contributed by atoms with Crippen LogP contribution in [0.5, 0.6) is 0 Å². The number of sulfonamides is 1. The fourth-order valence-corrected chi connectivity index (χ4v) is 6.16. The van der Waals surface area contributed by atoms with Crippen LogP contribution in [0.1, 0.15) is 16.0 Å². The van der Waals surface area contributed by atoms with E-state index in [2.05, 4.69) is 9.71 Å². The first-order chi connectivity index (χ1) is 17.8. The number of carboxylic acid groups (broad SMARTS) is 1. The maximum atomic E-state index is 12.8. The molecule has 0 aliphatic carbocycles. The van der Waals surface area contributed by atoms with Gasteiger partial charge in [0.2, 0.25) is 10.0 Å². The molecular formula is C27H25N3O5S2. The Labute approximate surface area is 219 Å². The quantitative estimate of drug-likeness (QED) is 0.297. The van der Waals surface area contributed by atoms with Crippen molar-refractivity contribution >= 4 is 33.2 Å². The molecule has 0 saturated carbocycles. The third kappa shape index (κ3) is 7.10. The predicted octanol–water partition coefficient (Wildman–Crippen LogP) is 3.94. The van der Waals surface area contributed by atoms with E-state index in [0.717, 1.165) is 32.9 Å². The van der Waals surface area contributed by atoms with Crippen molar-refractivity contribution in [1.82, 2.24) is 14.6 Å². The number of pyridine rings is 1. The second kappa shape index (κ2) is 11.9. The van der Waals surface area contributed by atoms with E-state index in [4.69, 9.17) is 0 Å². The van der Waals surface area contributed by atoms with Crippen LogP contribution in [0.4, 0.5) is 0 Å². The zero-order valence-corrected chi connectivity index (χ0v) is 21.4. The zero-order valence-electron chi connectivity index (χ0n) is 19.8. The maximum absolute atomic E-state index is 12.8. The van der Waals surface area contributed by atoms with Crippen molar-refractivity contribution in [1.29, 1.82) is 0 Å². The number of carbonyl (C=O) groups is 2. The fourth-order valence-electron chi connectivity index (χ4n) is 3.71. The Balaban J connectivity index is 1.36. The van der Waals surface area contributed by atoms with Crippen molar-refractivity contribution in [3.8, 4) is 11.1 Å². The summed E-state index contributed by atoms with van der Waals surface area (Å²) in [5, 5.41) is 9.20. The van der Waals surface area contributed by atoms with Gasteiger partial charge in [-0.3, -0.25) is 9.78 Å². The van der Waals surface area contributed by atoms with Crippen molar-refractivity contribution in [2.75, 3.05) is 6.54 Å². The first-order valence-electron chi connectivity index (χ1n) is 11.5. The summed E-state index contributed by atoms with van der Waals surface area (Å²) >= 11 is 1.00. The molecule has 0 aliphatic rings. The number of benzene rings is 2. The molecule has 0 bridgehead atoms. The number of aromatic nitrogens is 1. The molecule has 2 N–H and O–H groups in total. The summed E-state index contributed by atoms with van der Waals surface area (Å²) in [6.07, 6.45) is 3.63. The van der Waals surface area contributed by atoms with Gasteiger partial charge in [-0.15, -0.1) is 11.3 Å². The Kier molecular flexibility index (Phi) is 8.44. The van der Waals surface area contributed by atoms with E-state index in [9.17, 15) is 23.1 Å². The number of hydrogen-bond acceptors (Lipinski definition) is 6. The van der Waals surface area contributed by atoms with Crippen molar-refractivity contribution in [3.05, 3.63) is 107 Å². The van der Waals surface area contributed by atoms with Crippen LogP contribution >= 0.6 is 11.3 Å². The van der Waals surface area contributed by atoms with Crippen LogP contribution in [-0.2, 0) is 39.1 Å². The highest BCUT2D eigenvalue weighted by Gasteiger charge is 2.23. The number of hydrogen-bond donors (Lipinski definition) is 2. The molecule has 0 saturated heterocycles. The van der Waals surface area contributed by atoms with Gasteiger partial charge >= 0.3 is 11.9 Å². The summed E-state index contributed by atoms with van der Waals surface area (Å²) in [4.78, 5) is 29.2. The van der Waals surface area contributed by atoms with Crippen LogP contribution in [0.25, 0.3) is 11.1 Å². The Morgan fingerprint density at radius 1 is 0.838 bits per heavy atom. The van der Waals surface area contributed by atoms with E-state index in [-0.39, 0.29) is 23.8 Å². The van der Waals surface area contributed by atoms with E-state index in [1.807, 2.05) is 54.6 Å². The molecule has 37 heavy (non-hydrogen) atoms. The molecule has 1 amide bonds. The number of rotatable bonds is 10. The van der Waals surface area contributed by atoms with E-state index >= 15 is 0 Å². The van der Waals surface area contributed by atoms with E-state index < -0.39 is 21.9 Å². The molecule has 2 aromatic heterocycles. The van der Waals surface area contributed by atoms with Crippen LogP contribution in [0.15, 0.2) is 95.5 Å². The van der Waals surface area contributed by atoms with Crippen molar-refractivity contribution in [2.24, 2.45) is 0 Å². The second-order valence-corrected chi connectivity index (χ2v) is 11.4. The molecule has 2 aromatic carbocycles. The number of carbonyl (C=O) groups excluding carboxylic acids is 1. The summed E-state index contributed by atoms with van der Waals surface area (Å²) in [5.41, 5.74) is 3.93. The highest BCUT2D eigenvalue weighted by atomic mass is 32.2. The van der Waals surface area contributed by atoms with Crippen LogP contribution < -0.4 is 4.72 Å². The highest BCUT2D eigenvalue weighted by Crippen LogP contribution is 2.24. The lowest BCUT2D eigenvalue weighted by Gasteiger charge is -2.20. The van der Waals surface area contributed by atoms with Gasteiger partial charge in [0, 0.05) is 30.4 Å². The van der Waals surface area contributed by atoms with Gasteiger partial charge in [-0.05, 0) is 52.9 Å². The molecule has 0 atom stereocenters. The first kappa shape index (κ1) is 26.2. The van der Waals surface area contributed by atoms with Crippen molar-refractivity contribution < 1.29 is 23.1 Å². The summed E-state index contributed by atoms with van der Waals surface area (Å²) in [6, 6.07) is 24.4. The van der Waals surface area contributed by atoms with Gasteiger partial charge < -0.3 is 10.0 Å². The Morgan fingerprint density at radius 3 is 2.19 bits per heavy atom. The molecule has 2 heterocycles. The molecule has 0 spiro atoms. The Bertz CT molecular complexity index is 1450. The number of nitrogens with zero attached hydrogens (tertiary/aromatic N) is 2. The van der Waals surface area contributed by atoms with E-state index in [1.54, 1.807) is 30.6 Å². The minimum Gasteiger partial charge on any atom is -0.474 e. The second-order valence-electron chi connectivity index (χ2n) is 8.25. The van der Waals surface area contributed by atoms with E-state index in [1.165, 1.54) is 6.07 Å². The minimum absolute atomic E-state index is 0.0264. The standard InChI is InChI=1S/C27H25N3O5S2/c31-26(27(32)33)30(18-21-12-15-28-16-13-21)19-24-10-11-25(36-24)37(34,35)29-17-14-20-6-8-23(9-7-20)22-4-2-1-3-5-22/h1-13,15-16,29H,14,17-19H2,(H,32,33). The predicted molar refractivity (Wildman–Crippen MR) is 141 cm³/mol. The normalized spacial score (nSPS) is 11.2. The number of nitrogens with one attached hydrogen (secondary N) is 1. The van der Waals surface area contributed by atoms with E-state index in [0.29, 0.717) is 16.9 Å². The van der Waals surface area contributed by atoms with Gasteiger partial charge in [0.15, 0.2) is 0 Å². The monoisotopic (exact) mass is 535 g/mol. The molecule has 0 radical (unpaired) electrons. The molecule has 10 heteroatoms. The van der Waals surface area contributed by atoms with Gasteiger partial charge in [0.1, 0.15) is 4.21 Å². The largest absolute Gasteiger partial charge is 0.474 e. The van der Waals surface area contributed by atoms with Gasteiger partial charge in [-0.1, -0.05) is 54.6 Å². The molecule has 0 unspecified atom stereocenters. The lowest BCUT2D eigenvalue weighted by atomic mass is 10.0. The SMILES string of the molecule is O=C(O)C(=O)N(Cc1ccncc1)Cc1ccc(S(=O)(=O)NCCc2ccc(-c3ccccc3)cc2)s1. The van der Waals surface area contributed by atoms with Crippen LogP contribution in [0.3, 0.4) is 0 Å². The molecule has 4 rings (SSSR count). The average Bonchev–Trinajstić information content (AvgIpc) is 3.39. The summed E-state index contributed by atoms with van der Waals surface area (Å²) in [6.45, 7) is 0.266. The number of thiophene rings is 1. The summed E-state index contributed by atoms with van der Waals surface area (Å²) < 4.78 is 28.3. The highest BCUT2D eigenvalue weighted by molar-refractivity contribution is 7.91. The van der Waals surface area contributed by atoms with Crippen molar-refractivity contribution in [3.63, 3.8) is 0 Å². The molecule has 8 nitrogen and oxygen atoms in total. The van der Waals surface area contributed by atoms with Crippen LogP contribution in [0, 0.1) is 0 Å². The molecule has 0 fully saturated rings. The van der Waals surface area contributed by atoms with Gasteiger partial charge in [-0.25, -0.2) is 17.9 Å². The first-order valence-corrected chi connectivity index (χ1v) is 13.8. The van der Waals surface area contributed by atoms with Gasteiger partial charge in [-0.2, -0.15) is 0 Å². The maximum Gasteiger partial charge on any atom is 0.394 e. The number of carboxylic acids is 1. The molecular weight excluding hydrogens is 510 g/mol. The number of amides is 1. The Hall–Kier alpha value is -3.86. The molecule has 0 aliphatic heterocycles. The van der Waals surface area contributed by atoms with Crippen molar-refractivity contribution in [2.45, 2.75) is 23.7 Å². The topological polar surface area (TPSA) is 117 Å². The molecule has 190 valence electrons. The fraction of sp³-hybridized carbons (Fsp3) is 0.148. The minimum atomic E-state index is -3.75. The lowest BCUT2D eigenvalue weighted by molar-refractivity contribution is -0.156. The zero-order chi connectivity index (χ0) is 26.3. The smallest absolute Gasteiger partial charge is 0.394 e. The number of aliphatic carboxylic acids is 1. The third-order valence-electron chi connectivity index (χ3n) is 5.61. The molecule has 4 aromatic rings. The summed E-state index contributed by atoms with van der Waals surface area (Å²) in [7, 11) is -3.75. The average molecular weight is 536 g/mol. The summed E-state index contributed by atoms with van der Waals surface area (Å²) in [5.74, 6) is -2.64. The van der Waals surface area contributed by atoms with Gasteiger partial charge in [0.25, 0.3) is 0 Å².